The van der Waals surface area contributed by atoms with E-state index in [1.807, 2.05) is 6.92 Å². The first-order valence-corrected chi connectivity index (χ1v) is 7.64. The minimum absolute atomic E-state index is 0.743. The van der Waals surface area contributed by atoms with E-state index < -0.39 is 5.60 Å². The number of piperazine rings is 1. The molecular weight excluding hydrogens is 248 g/mol. The Bertz CT molecular complexity index is 439. The van der Waals surface area contributed by atoms with Crippen LogP contribution in [0, 0.1) is 20.8 Å². The van der Waals surface area contributed by atoms with E-state index in [4.69, 9.17) is 0 Å². The molecule has 1 saturated heterocycles. The lowest BCUT2D eigenvalue weighted by molar-refractivity contribution is 0.0334. The van der Waals surface area contributed by atoms with Gasteiger partial charge in [0.05, 0.1) is 5.60 Å². The van der Waals surface area contributed by atoms with Crippen LogP contribution in [0.3, 0.4) is 0 Å². The first-order chi connectivity index (χ1) is 9.40. The maximum Gasteiger partial charge on any atom is 0.0885 e. The summed E-state index contributed by atoms with van der Waals surface area (Å²) in [7, 11) is 0. The Morgan fingerprint density at radius 1 is 1.15 bits per heavy atom. The highest BCUT2D eigenvalue weighted by Gasteiger charge is 2.27. The normalized spacial score (nSPS) is 19.9. The zero-order valence-corrected chi connectivity index (χ0v) is 13.3. The van der Waals surface area contributed by atoms with E-state index >= 15 is 0 Å². The average Bonchev–Trinajstić information content (AvgIpc) is 2.36. The minimum Gasteiger partial charge on any atom is -0.385 e. The number of benzene rings is 1. The highest BCUT2D eigenvalue weighted by Crippen LogP contribution is 2.31. The average molecular weight is 276 g/mol. The standard InChI is InChI=1S/C17H28N2O/c1-13-11-14(2)16(15(3)12-13)17(4,20)5-8-19-9-6-18-7-10-19/h11-12,18,20H,5-10H2,1-4H3. The summed E-state index contributed by atoms with van der Waals surface area (Å²) in [4.78, 5) is 2.43. The molecule has 3 nitrogen and oxygen atoms in total. The molecule has 0 aromatic heterocycles. The lowest BCUT2D eigenvalue weighted by atomic mass is 9.84. The second kappa shape index (κ2) is 6.25. The lowest BCUT2D eigenvalue weighted by Crippen LogP contribution is -2.45. The monoisotopic (exact) mass is 276 g/mol. The molecule has 3 heteroatoms. The van der Waals surface area contributed by atoms with Crippen molar-refractivity contribution in [2.75, 3.05) is 32.7 Å². The Balaban J connectivity index is 2.09. The van der Waals surface area contributed by atoms with Gasteiger partial charge in [0.15, 0.2) is 0 Å². The van der Waals surface area contributed by atoms with Crippen LogP contribution < -0.4 is 5.32 Å². The predicted molar refractivity (Wildman–Crippen MR) is 84.2 cm³/mol. The lowest BCUT2D eigenvalue weighted by Gasteiger charge is -2.33. The van der Waals surface area contributed by atoms with Crippen LogP contribution in [0.4, 0.5) is 0 Å². The molecule has 0 aliphatic carbocycles. The topological polar surface area (TPSA) is 35.5 Å². The smallest absolute Gasteiger partial charge is 0.0885 e. The van der Waals surface area contributed by atoms with Gasteiger partial charge >= 0.3 is 0 Å². The van der Waals surface area contributed by atoms with Crippen LogP contribution >= 0.6 is 0 Å². The fourth-order valence-corrected chi connectivity index (χ4v) is 3.47. The van der Waals surface area contributed by atoms with E-state index in [0.717, 1.165) is 44.7 Å². The van der Waals surface area contributed by atoms with E-state index in [1.165, 1.54) is 16.7 Å². The number of nitrogens with one attached hydrogen (secondary N) is 1. The van der Waals surface area contributed by atoms with Gasteiger partial charge in [-0.1, -0.05) is 17.7 Å². The summed E-state index contributed by atoms with van der Waals surface area (Å²) < 4.78 is 0. The van der Waals surface area contributed by atoms with Gasteiger partial charge in [-0.05, 0) is 50.8 Å². The molecule has 0 radical (unpaired) electrons. The van der Waals surface area contributed by atoms with Crippen LogP contribution in [0.2, 0.25) is 0 Å². The third-order valence-electron chi connectivity index (χ3n) is 4.34. The van der Waals surface area contributed by atoms with Crippen molar-refractivity contribution in [2.45, 2.75) is 39.7 Å². The Morgan fingerprint density at radius 3 is 2.25 bits per heavy atom. The molecule has 20 heavy (non-hydrogen) atoms. The van der Waals surface area contributed by atoms with Crippen LogP contribution in [0.5, 0.6) is 0 Å². The molecule has 1 heterocycles. The van der Waals surface area contributed by atoms with Gasteiger partial charge in [-0.3, -0.25) is 0 Å². The van der Waals surface area contributed by atoms with Crippen LogP contribution in [0.25, 0.3) is 0 Å². The zero-order valence-electron chi connectivity index (χ0n) is 13.3. The molecule has 1 fully saturated rings. The second-order valence-electron chi connectivity index (χ2n) is 6.39. The summed E-state index contributed by atoms with van der Waals surface area (Å²) in [5, 5.41) is 14.3. The van der Waals surface area contributed by atoms with Gasteiger partial charge in [0.1, 0.15) is 0 Å². The van der Waals surface area contributed by atoms with Crippen LogP contribution in [-0.2, 0) is 5.60 Å². The fourth-order valence-electron chi connectivity index (χ4n) is 3.47. The van der Waals surface area contributed by atoms with E-state index in [9.17, 15) is 5.11 Å². The molecule has 1 aromatic rings. The molecule has 2 rings (SSSR count). The van der Waals surface area contributed by atoms with Crippen molar-refractivity contribution in [3.63, 3.8) is 0 Å². The number of rotatable bonds is 4. The quantitative estimate of drug-likeness (QED) is 0.884. The molecule has 1 aliphatic heterocycles. The largest absolute Gasteiger partial charge is 0.385 e. The number of aliphatic hydroxyl groups is 1. The number of nitrogens with zero attached hydrogens (tertiary/aromatic N) is 1. The summed E-state index contributed by atoms with van der Waals surface area (Å²) in [6.07, 6.45) is 0.789. The first kappa shape index (κ1) is 15.5. The van der Waals surface area contributed by atoms with Crippen molar-refractivity contribution in [2.24, 2.45) is 0 Å². The second-order valence-corrected chi connectivity index (χ2v) is 6.39. The first-order valence-electron chi connectivity index (χ1n) is 7.64. The van der Waals surface area contributed by atoms with Gasteiger partial charge < -0.3 is 15.3 Å². The summed E-state index contributed by atoms with van der Waals surface area (Å²) in [6.45, 7) is 13.5. The summed E-state index contributed by atoms with van der Waals surface area (Å²) >= 11 is 0. The highest BCUT2D eigenvalue weighted by molar-refractivity contribution is 5.41. The van der Waals surface area contributed by atoms with Crippen molar-refractivity contribution >= 4 is 0 Å². The number of aryl methyl sites for hydroxylation is 3. The summed E-state index contributed by atoms with van der Waals surface area (Å²) in [5.74, 6) is 0. The Labute approximate surface area is 123 Å². The van der Waals surface area contributed by atoms with E-state index in [0.29, 0.717) is 0 Å². The highest BCUT2D eigenvalue weighted by atomic mass is 16.3. The molecule has 0 bridgehead atoms. The summed E-state index contributed by atoms with van der Waals surface area (Å²) in [5.41, 5.74) is 4.03. The van der Waals surface area contributed by atoms with E-state index in [1.54, 1.807) is 0 Å². The minimum atomic E-state index is -0.743. The van der Waals surface area contributed by atoms with Crippen molar-refractivity contribution in [3.05, 3.63) is 34.4 Å². The molecule has 2 N–H and O–H groups in total. The zero-order chi connectivity index (χ0) is 14.8. The molecular formula is C17H28N2O. The molecule has 1 atom stereocenters. The van der Waals surface area contributed by atoms with Gasteiger partial charge in [0.2, 0.25) is 0 Å². The third kappa shape index (κ3) is 3.60. The maximum absolute atomic E-state index is 10.9. The predicted octanol–water partition coefficient (Wildman–Crippen LogP) is 2.11. The maximum atomic E-state index is 10.9. The van der Waals surface area contributed by atoms with Crippen molar-refractivity contribution in [1.82, 2.24) is 10.2 Å². The number of hydrogen-bond acceptors (Lipinski definition) is 3. The molecule has 0 spiro atoms. The van der Waals surface area contributed by atoms with E-state index in [2.05, 4.69) is 43.1 Å². The van der Waals surface area contributed by atoms with Crippen molar-refractivity contribution in [3.8, 4) is 0 Å². The van der Waals surface area contributed by atoms with Crippen molar-refractivity contribution < 1.29 is 5.11 Å². The van der Waals surface area contributed by atoms with Gasteiger partial charge in [0.25, 0.3) is 0 Å². The van der Waals surface area contributed by atoms with Crippen molar-refractivity contribution in [1.29, 1.82) is 0 Å². The van der Waals surface area contributed by atoms with E-state index in [-0.39, 0.29) is 0 Å². The molecule has 1 unspecified atom stereocenters. The van der Waals surface area contributed by atoms with Crippen LogP contribution in [-0.4, -0.2) is 42.7 Å². The summed E-state index contributed by atoms with van der Waals surface area (Å²) in [6, 6.07) is 4.34. The van der Waals surface area contributed by atoms with Crippen LogP contribution in [0.1, 0.15) is 35.6 Å². The van der Waals surface area contributed by atoms with Gasteiger partial charge in [-0.2, -0.15) is 0 Å². The van der Waals surface area contributed by atoms with Gasteiger partial charge in [-0.25, -0.2) is 0 Å². The molecule has 1 aliphatic rings. The fraction of sp³-hybridized carbons (Fsp3) is 0.647. The van der Waals surface area contributed by atoms with Gasteiger partial charge in [-0.15, -0.1) is 0 Å². The molecule has 112 valence electrons. The Morgan fingerprint density at radius 2 is 1.70 bits per heavy atom. The van der Waals surface area contributed by atoms with Crippen LogP contribution in [0.15, 0.2) is 12.1 Å². The molecule has 1 aromatic carbocycles. The molecule has 0 amide bonds. The van der Waals surface area contributed by atoms with Gasteiger partial charge in [0, 0.05) is 32.7 Å². The third-order valence-corrected chi connectivity index (χ3v) is 4.34. The SMILES string of the molecule is Cc1cc(C)c(C(C)(O)CCN2CCNCC2)c(C)c1. The Hall–Kier alpha value is -0.900. The molecule has 0 saturated carbocycles. The Kier molecular flexibility index (Phi) is 4.84. The number of hydrogen-bond donors (Lipinski definition) is 2.